The first kappa shape index (κ1) is 20.1. The van der Waals surface area contributed by atoms with E-state index in [0.717, 1.165) is 11.3 Å². The lowest BCUT2D eigenvalue weighted by Gasteiger charge is -2.32. The summed E-state index contributed by atoms with van der Waals surface area (Å²) in [4.78, 5) is 46.7. The fourth-order valence-corrected chi connectivity index (χ4v) is 4.14. The van der Waals surface area contributed by atoms with Gasteiger partial charge >= 0.3 is 5.97 Å². The highest BCUT2D eigenvalue weighted by Crippen LogP contribution is 2.28. The Hall–Kier alpha value is -2.22. The molecule has 2 aromatic rings. The molecule has 0 saturated heterocycles. The zero-order valence-corrected chi connectivity index (χ0v) is 17.0. The van der Waals surface area contributed by atoms with Crippen LogP contribution in [0.25, 0.3) is 10.2 Å². The maximum absolute atomic E-state index is 12.6. The minimum Gasteiger partial charge on any atom is -0.448 e. The van der Waals surface area contributed by atoms with Crippen LogP contribution in [0.3, 0.4) is 0 Å². The number of nitrogens with zero attached hydrogens (tertiary/aromatic N) is 2. The second kappa shape index (κ2) is 7.57. The predicted octanol–water partition coefficient (Wildman–Crippen LogP) is 2.79. The Morgan fingerprint density at radius 2 is 1.69 bits per heavy atom. The molecule has 8 heteroatoms. The van der Waals surface area contributed by atoms with E-state index in [1.54, 1.807) is 25.7 Å². The van der Waals surface area contributed by atoms with Gasteiger partial charge in [-0.15, -0.1) is 11.3 Å². The molecule has 26 heavy (non-hydrogen) atoms. The molecule has 0 bridgehead atoms. The standard InChI is InChI=1S/C18H25N3O4S/c1-8(2)21(9(3)4)17(23)11(6)25-18(24)14-10(5)13-15(22)19-12(7)20-16(13)26-14/h8-9,11H,1-7H3,(H,19,20,22)/t11-/m0/s1. The van der Waals surface area contributed by atoms with Gasteiger partial charge in [0.25, 0.3) is 11.5 Å². The number of amides is 1. The number of esters is 1. The van der Waals surface area contributed by atoms with E-state index in [-0.39, 0.29) is 23.6 Å². The first-order chi connectivity index (χ1) is 12.0. The molecule has 0 spiro atoms. The largest absolute Gasteiger partial charge is 0.448 e. The van der Waals surface area contributed by atoms with E-state index in [1.165, 1.54) is 0 Å². The summed E-state index contributed by atoms with van der Waals surface area (Å²) in [5.41, 5.74) is 0.239. The highest BCUT2D eigenvalue weighted by molar-refractivity contribution is 7.20. The molecule has 1 N–H and O–H groups in total. The van der Waals surface area contributed by atoms with Crippen LogP contribution in [0.5, 0.6) is 0 Å². The molecule has 2 rings (SSSR count). The second-order valence-corrected chi connectivity index (χ2v) is 7.87. The van der Waals surface area contributed by atoms with Crippen molar-refractivity contribution in [3.05, 3.63) is 26.6 Å². The number of H-pyrrole nitrogens is 1. The van der Waals surface area contributed by atoms with Crippen molar-refractivity contribution < 1.29 is 14.3 Å². The van der Waals surface area contributed by atoms with Crippen molar-refractivity contribution >= 4 is 33.4 Å². The average molecular weight is 379 g/mol. The van der Waals surface area contributed by atoms with Crippen molar-refractivity contribution in [2.75, 3.05) is 0 Å². The number of ether oxygens (including phenoxy) is 1. The monoisotopic (exact) mass is 379 g/mol. The number of fused-ring (bicyclic) bond motifs is 1. The third-order valence-electron chi connectivity index (χ3n) is 4.10. The van der Waals surface area contributed by atoms with Gasteiger partial charge < -0.3 is 14.6 Å². The van der Waals surface area contributed by atoms with Crippen LogP contribution in [0.1, 0.15) is 55.7 Å². The Morgan fingerprint density at radius 1 is 1.12 bits per heavy atom. The minimum atomic E-state index is -0.912. The van der Waals surface area contributed by atoms with Crippen LogP contribution in [0.4, 0.5) is 0 Å². The topological polar surface area (TPSA) is 92.4 Å². The van der Waals surface area contributed by atoms with Crippen LogP contribution in [-0.4, -0.2) is 44.9 Å². The molecule has 0 fully saturated rings. The van der Waals surface area contributed by atoms with Crippen molar-refractivity contribution in [3.63, 3.8) is 0 Å². The van der Waals surface area contributed by atoms with Gasteiger partial charge in [-0.1, -0.05) is 0 Å². The number of nitrogens with one attached hydrogen (secondary N) is 1. The summed E-state index contributed by atoms with van der Waals surface area (Å²) in [5.74, 6) is -0.374. The summed E-state index contributed by atoms with van der Waals surface area (Å²) < 4.78 is 5.40. The van der Waals surface area contributed by atoms with Crippen molar-refractivity contribution in [1.82, 2.24) is 14.9 Å². The van der Waals surface area contributed by atoms with Crippen molar-refractivity contribution in [2.24, 2.45) is 0 Å². The molecule has 142 valence electrons. The number of carbonyl (C=O) groups is 2. The summed E-state index contributed by atoms with van der Waals surface area (Å²) in [5, 5.41) is 0.387. The fourth-order valence-electron chi connectivity index (χ4n) is 3.03. The SMILES string of the molecule is Cc1nc2sc(C(=O)O[C@@H](C)C(=O)N(C(C)C)C(C)C)c(C)c2c(=O)[nH]1. The zero-order chi connectivity index (χ0) is 19.8. The molecule has 0 unspecified atom stereocenters. The fraction of sp³-hybridized carbons (Fsp3) is 0.556. The van der Waals surface area contributed by atoms with Crippen LogP contribution in [-0.2, 0) is 9.53 Å². The Balaban J connectivity index is 2.29. The van der Waals surface area contributed by atoms with Crippen LogP contribution in [0.2, 0.25) is 0 Å². The summed E-state index contributed by atoms with van der Waals surface area (Å²) in [6, 6.07) is 0.000829. The Labute approximate surface area is 156 Å². The molecule has 1 amide bonds. The summed E-state index contributed by atoms with van der Waals surface area (Å²) >= 11 is 1.10. The molecule has 0 aliphatic carbocycles. The van der Waals surface area contributed by atoms with Crippen molar-refractivity contribution in [1.29, 1.82) is 0 Å². The highest BCUT2D eigenvalue weighted by atomic mass is 32.1. The molecule has 0 radical (unpaired) electrons. The molecule has 1 atom stereocenters. The molecular weight excluding hydrogens is 354 g/mol. The van der Waals surface area contributed by atoms with E-state index in [0.29, 0.717) is 26.5 Å². The normalized spacial score (nSPS) is 12.7. The number of aromatic nitrogens is 2. The van der Waals surface area contributed by atoms with Gasteiger partial charge in [0, 0.05) is 12.1 Å². The van der Waals surface area contributed by atoms with Crippen LogP contribution in [0.15, 0.2) is 4.79 Å². The van der Waals surface area contributed by atoms with Crippen LogP contribution in [0, 0.1) is 13.8 Å². The van der Waals surface area contributed by atoms with Crippen LogP contribution >= 0.6 is 11.3 Å². The van der Waals surface area contributed by atoms with Gasteiger partial charge in [0.2, 0.25) is 0 Å². The summed E-state index contributed by atoms with van der Waals surface area (Å²) in [6.45, 7) is 12.6. The minimum absolute atomic E-state index is 0.000415. The molecule has 0 aliphatic rings. The lowest BCUT2D eigenvalue weighted by molar-refractivity contribution is -0.143. The van der Waals surface area contributed by atoms with Gasteiger partial charge in [0.05, 0.1) is 5.39 Å². The van der Waals surface area contributed by atoms with E-state index < -0.39 is 12.1 Å². The number of aromatic amines is 1. The number of hydrogen-bond acceptors (Lipinski definition) is 6. The van der Waals surface area contributed by atoms with Gasteiger partial charge in [0.1, 0.15) is 15.5 Å². The smallest absolute Gasteiger partial charge is 0.349 e. The zero-order valence-electron chi connectivity index (χ0n) is 16.2. The van der Waals surface area contributed by atoms with Crippen molar-refractivity contribution in [3.8, 4) is 0 Å². The van der Waals surface area contributed by atoms with Gasteiger partial charge in [-0.3, -0.25) is 9.59 Å². The predicted molar refractivity (Wildman–Crippen MR) is 102 cm³/mol. The number of hydrogen-bond donors (Lipinski definition) is 1. The maximum atomic E-state index is 12.6. The maximum Gasteiger partial charge on any atom is 0.349 e. The third-order valence-corrected chi connectivity index (χ3v) is 5.27. The Morgan fingerprint density at radius 3 is 2.23 bits per heavy atom. The van der Waals surface area contributed by atoms with Crippen LogP contribution < -0.4 is 5.56 Å². The Kier molecular flexibility index (Phi) is 5.85. The first-order valence-electron chi connectivity index (χ1n) is 8.57. The third kappa shape index (κ3) is 3.80. The number of aryl methyl sites for hydroxylation is 2. The molecule has 2 aromatic heterocycles. The molecule has 0 saturated carbocycles. The van der Waals surface area contributed by atoms with E-state index in [4.69, 9.17) is 4.74 Å². The van der Waals surface area contributed by atoms with Crippen molar-refractivity contribution in [2.45, 2.75) is 66.7 Å². The Bertz CT molecular complexity index is 890. The molecule has 0 aliphatic heterocycles. The number of carbonyl (C=O) groups excluding carboxylic acids is 2. The molecule has 0 aromatic carbocycles. The van der Waals surface area contributed by atoms with Gasteiger partial charge in [0.15, 0.2) is 6.10 Å². The summed E-state index contributed by atoms with van der Waals surface area (Å²) in [7, 11) is 0. The lowest BCUT2D eigenvalue weighted by Crippen LogP contribution is -2.47. The van der Waals surface area contributed by atoms with Gasteiger partial charge in [-0.2, -0.15) is 0 Å². The second-order valence-electron chi connectivity index (χ2n) is 6.87. The summed E-state index contributed by atoms with van der Waals surface area (Å²) in [6.07, 6.45) is -0.912. The van der Waals surface area contributed by atoms with E-state index >= 15 is 0 Å². The van der Waals surface area contributed by atoms with E-state index in [2.05, 4.69) is 9.97 Å². The molecular formula is C18H25N3O4S. The van der Waals surface area contributed by atoms with Gasteiger partial charge in [-0.25, -0.2) is 9.78 Å². The molecule has 7 nitrogen and oxygen atoms in total. The lowest BCUT2D eigenvalue weighted by atomic mass is 10.2. The quantitative estimate of drug-likeness (QED) is 0.807. The average Bonchev–Trinajstić information content (AvgIpc) is 2.83. The van der Waals surface area contributed by atoms with Gasteiger partial charge in [-0.05, 0) is 54.0 Å². The number of thiophene rings is 1. The first-order valence-corrected chi connectivity index (χ1v) is 9.39. The number of rotatable bonds is 5. The highest BCUT2D eigenvalue weighted by Gasteiger charge is 2.29. The van der Waals surface area contributed by atoms with E-state index in [9.17, 15) is 14.4 Å². The van der Waals surface area contributed by atoms with E-state index in [1.807, 2.05) is 27.7 Å². The molecule has 2 heterocycles.